The van der Waals surface area contributed by atoms with Crippen molar-refractivity contribution in [3.63, 3.8) is 0 Å². The standard InChI is InChI=1S/C16H14FNO3S/c1-2-3-15(19)11-4-9-16(14(10-11)18(20)21)22-13-7-5-12(17)6-8-13/h4-10H,2-3H2,1H3. The van der Waals surface area contributed by atoms with Gasteiger partial charge in [0.25, 0.3) is 5.69 Å². The zero-order valence-corrected chi connectivity index (χ0v) is 12.7. The van der Waals surface area contributed by atoms with Gasteiger partial charge in [0.1, 0.15) is 5.82 Å². The van der Waals surface area contributed by atoms with Crippen LogP contribution in [0.15, 0.2) is 52.3 Å². The maximum absolute atomic E-state index is 12.9. The third kappa shape index (κ3) is 3.92. The normalized spacial score (nSPS) is 10.5. The molecule has 2 rings (SSSR count). The highest BCUT2D eigenvalue weighted by Crippen LogP contribution is 2.35. The number of halogens is 1. The van der Waals surface area contributed by atoms with E-state index >= 15 is 0 Å². The Kier molecular flexibility index (Phi) is 5.27. The van der Waals surface area contributed by atoms with Crippen LogP contribution in [-0.2, 0) is 0 Å². The number of benzene rings is 2. The number of nitro groups is 1. The molecule has 0 heterocycles. The van der Waals surface area contributed by atoms with Crippen LogP contribution in [0, 0.1) is 15.9 Å². The van der Waals surface area contributed by atoms with E-state index in [0.29, 0.717) is 28.2 Å². The first-order chi connectivity index (χ1) is 10.5. The van der Waals surface area contributed by atoms with Gasteiger partial charge >= 0.3 is 0 Å². The average Bonchev–Trinajstić information content (AvgIpc) is 2.50. The van der Waals surface area contributed by atoms with Crippen molar-refractivity contribution in [2.24, 2.45) is 0 Å². The number of ketones is 1. The van der Waals surface area contributed by atoms with E-state index in [1.165, 1.54) is 30.0 Å². The largest absolute Gasteiger partial charge is 0.294 e. The molecule has 0 fully saturated rings. The topological polar surface area (TPSA) is 60.2 Å². The summed E-state index contributed by atoms with van der Waals surface area (Å²) in [4.78, 5) is 23.7. The van der Waals surface area contributed by atoms with Gasteiger partial charge in [-0.25, -0.2) is 4.39 Å². The number of nitro benzene ring substituents is 1. The second-order valence-electron chi connectivity index (χ2n) is 4.67. The summed E-state index contributed by atoms with van der Waals surface area (Å²) in [7, 11) is 0. The molecule has 0 aliphatic rings. The van der Waals surface area contributed by atoms with Crippen molar-refractivity contribution in [3.05, 3.63) is 64.0 Å². The second kappa shape index (κ2) is 7.17. The van der Waals surface area contributed by atoms with Crippen LogP contribution in [0.5, 0.6) is 0 Å². The fourth-order valence-corrected chi connectivity index (χ4v) is 2.82. The fourth-order valence-electron chi connectivity index (χ4n) is 1.92. The van der Waals surface area contributed by atoms with Crippen molar-refractivity contribution in [3.8, 4) is 0 Å². The lowest BCUT2D eigenvalue weighted by Crippen LogP contribution is -2.00. The molecule has 4 nitrogen and oxygen atoms in total. The molecule has 114 valence electrons. The van der Waals surface area contributed by atoms with Crippen LogP contribution in [0.2, 0.25) is 0 Å². The Morgan fingerprint density at radius 1 is 1.23 bits per heavy atom. The molecule has 0 atom stereocenters. The van der Waals surface area contributed by atoms with Crippen molar-refractivity contribution >= 4 is 23.2 Å². The van der Waals surface area contributed by atoms with Crippen molar-refractivity contribution in [1.82, 2.24) is 0 Å². The van der Waals surface area contributed by atoms with Crippen LogP contribution in [0.1, 0.15) is 30.1 Å². The van der Waals surface area contributed by atoms with E-state index in [1.807, 2.05) is 6.92 Å². The molecular weight excluding hydrogens is 305 g/mol. The van der Waals surface area contributed by atoms with Crippen molar-refractivity contribution in [2.45, 2.75) is 29.6 Å². The summed E-state index contributed by atoms with van der Waals surface area (Å²) in [5, 5.41) is 11.2. The van der Waals surface area contributed by atoms with Crippen LogP contribution in [0.3, 0.4) is 0 Å². The molecule has 0 radical (unpaired) electrons. The molecule has 0 bridgehead atoms. The maximum atomic E-state index is 12.9. The molecule has 22 heavy (non-hydrogen) atoms. The van der Waals surface area contributed by atoms with Gasteiger partial charge in [-0.2, -0.15) is 0 Å². The minimum atomic E-state index is -0.505. The minimum absolute atomic E-state index is 0.107. The smallest absolute Gasteiger partial charge is 0.283 e. The van der Waals surface area contributed by atoms with E-state index in [0.717, 1.165) is 0 Å². The molecule has 2 aromatic rings. The Morgan fingerprint density at radius 2 is 1.91 bits per heavy atom. The number of Topliss-reactive ketones (excluding diaryl/α,β-unsaturated/α-hetero) is 1. The SMILES string of the molecule is CCCC(=O)c1ccc(Sc2ccc(F)cc2)c([N+](=O)[O-])c1. The van der Waals surface area contributed by atoms with Crippen LogP contribution >= 0.6 is 11.8 Å². The molecule has 0 aliphatic heterocycles. The summed E-state index contributed by atoms with van der Waals surface area (Å²) in [6, 6.07) is 10.2. The number of rotatable bonds is 6. The summed E-state index contributed by atoms with van der Waals surface area (Å²) in [6.45, 7) is 1.88. The molecule has 2 aromatic carbocycles. The zero-order valence-electron chi connectivity index (χ0n) is 11.9. The highest BCUT2D eigenvalue weighted by atomic mass is 32.2. The van der Waals surface area contributed by atoms with Crippen LogP contribution in [-0.4, -0.2) is 10.7 Å². The lowest BCUT2D eigenvalue weighted by atomic mass is 10.1. The van der Waals surface area contributed by atoms with Gasteiger partial charge in [0.2, 0.25) is 0 Å². The van der Waals surface area contributed by atoms with Crippen LogP contribution in [0.4, 0.5) is 10.1 Å². The van der Waals surface area contributed by atoms with E-state index in [1.54, 1.807) is 24.3 Å². The molecule has 0 aliphatic carbocycles. The predicted octanol–water partition coefficient (Wildman–Crippen LogP) is 4.87. The monoisotopic (exact) mass is 319 g/mol. The Morgan fingerprint density at radius 3 is 2.50 bits per heavy atom. The van der Waals surface area contributed by atoms with Crippen molar-refractivity contribution < 1.29 is 14.1 Å². The Hall–Kier alpha value is -2.21. The van der Waals surface area contributed by atoms with Gasteiger partial charge in [0.05, 0.1) is 9.82 Å². The zero-order chi connectivity index (χ0) is 16.1. The molecule has 0 unspecified atom stereocenters. The fraction of sp³-hybridized carbons (Fsp3) is 0.188. The maximum Gasteiger partial charge on any atom is 0.283 e. The summed E-state index contributed by atoms with van der Waals surface area (Å²) >= 11 is 1.17. The van der Waals surface area contributed by atoms with E-state index in [4.69, 9.17) is 0 Å². The van der Waals surface area contributed by atoms with Gasteiger partial charge in [0.15, 0.2) is 5.78 Å². The Balaban J connectivity index is 2.33. The lowest BCUT2D eigenvalue weighted by Gasteiger charge is -2.05. The predicted molar refractivity (Wildman–Crippen MR) is 82.9 cm³/mol. The number of hydrogen-bond donors (Lipinski definition) is 0. The first-order valence-corrected chi connectivity index (χ1v) is 7.58. The molecule has 0 amide bonds. The molecule has 0 spiro atoms. The van der Waals surface area contributed by atoms with Crippen LogP contribution < -0.4 is 0 Å². The number of hydrogen-bond acceptors (Lipinski definition) is 4. The van der Waals surface area contributed by atoms with Gasteiger partial charge < -0.3 is 0 Å². The Labute approximate surface area is 131 Å². The van der Waals surface area contributed by atoms with Gasteiger partial charge in [-0.05, 0) is 42.8 Å². The molecule has 0 N–H and O–H groups in total. The van der Waals surface area contributed by atoms with Gasteiger partial charge in [-0.3, -0.25) is 14.9 Å². The minimum Gasteiger partial charge on any atom is -0.294 e. The van der Waals surface area contributed by atoms with Crippen molar-refractivity contribution in [2.75, 3.05) is 0 Å². The van der Waals surface area contributed by atoms with Crippen molar-refractivity contribution in [1.29, 1.82) is 0 Å². The lowest BCUT2D eigenvalue weighted by molar-refractivity contribution is -0.387. The third-order valence-corrected chi connectivity index (χ3v) is 4.07. The van der Waals surface area contributed by atoms with E-state index in [2.05, 4.69) is 0 Å². The summed E-state index contributed by atoms with van der Waals surface area (Å²) < 4.78 is 12.9. The number of carbonyl (C=O) groups is 1. The molecular formula is C16H14FNO3S. The molecule has 0 saturated heterocycles. The number of carbonyl (C=O) groups excluding carboxylic acids is 1. The summed E-state index contributed by atoms with van der Waals surface area (Å²) in [5.74, 6) is -0.469. The van der Waals surface area contributed by atoms with Gasteiger partial charge in [-0.1, -0.05) is 18.7 Å². The quantitative estimate of drug-likeness (QED) is 0.433. The molecule has 6 heteroatoms. The highest BCUT2D eigenvalue weighted by molar-refractivity contribution is 7.99. The van der Waals surface area contributed by atoms with Gasteiger partial charge in [0, 0.05) is 22.9 Å². The van der Waals surface area contributed by atoms with Crippen LogP contribution in [0.25, 0.3) is 0 Å². The van der Waals surface area contributed by atoms with E-state index < -0.39 is 4.92 Å². The van der Waals surface area contributed by atoms with Gasteiger partial charge in [-0.15, -0.1) is 0 Å². The molecule has 0 saturated carbocycles. The molecule has 0 aromatic heterocycles. The third-order valence-electron chi connectivity index (χ3n) is 3.00. The Bertz CT molecular complexity index is 701. The average molecular weight is 319 g/mol. The highest BCUT2D eigenvalue weighted by Gasteiger charge is 2.18. The summed E-state index contributed by atoms with van der Waals surface area (Å²) in [6.07, 6.45) is 1.06. The summed E-state index contributed by atoms with van der Waals surface area (Å²) in [5.41, 5.74) is 0.230. The van der Waals surface area contributed by atoms with E-state index in [-0.39, 0.29) is 17.3 Å². The first-order valence-electron chi connectivity index (χ1n) is 6.76. The second-order valence-corrected chi connectivity index (χ2v) is 5.78. The first kappa shape index (κ1) is 16.2. The number of nitrogens with zero attached hydrogens (tertiary/aromatic N) is 1. The van der Waals surface area contributed by atoms with E-state index in [9.17, 15) is 19.3 Å².